The second-order valence-electron chi connectivity index (χ2n) is 7.85. The first-order valence-corrected chi connectivity index (χ1v) is 10.2. The summed E-state index contributed by atoms with van der Waals surface area (Å²) in [7, 11) is 0. The van der Waals surface area contributed by atoms with Crippen molar-refractivity contribution in [2.75, 3.05) is 32.7 Å². The molecule has 2 aliphatic rings. The molecule has 1 fully saturated rings. The summed E-state index contributed by atoms with van der Waals surface area (Å²) >= 11 is 0. The second kappa shape index (κ2) is 7.48. The molecule has 1 saturated heterocycles. The van der Waals surface area contributed by atoms with Gasteiger partial charge in [-0.25, -0.2) is 9.67 Å². The lowest BCUT2D eigenvalue weighted by Crippen LogP contribution is -2.47. The van der Waals surface area contributed by atoms with E-state index in [1.54, 1.807) is 10.7 Å². The Morgan fingerprint density at radius 2 is 1.82 bits per heavy atom. The first-order valence-electron chi connectivity index (χ1n) is 10.2. The van der Waals surface area contributed by atoms with Crippen LogP contribution in [-0.4, -0.2) is 62.3 Å². The maximum atomic E-state index is 12.2. The molecule has 3 heterocycles. The summed E-state index contributed by atoms with van der Waals surface area (Å²) in [6.45, 7) is 6.47. The standard InChI is InChI=1S/C21H26N6O/c28-21-14-16-4-3-7-17(16)24-27(21)13-12-25-8-10-26(11-9-25)15-20-22-18-5-1-2-6-19(18)23-20/h1-2,5-6,14H,3-4,7-13,15H2,(H,22,23). The average molecular weight is 378 g/mol. The van der Waals surface area contributed by atoms with Crippen LogP contribution in [0.15, 0.2) is 35.1 Å². The molecule has 0 atom stereocenters. The molecule has 28 heavy (non-hydrogen) atoms. The number of fused-ring (bicyclic) bond motifs is 2. The van der Waals surface area contributed by atoms with Gasteiger partial charge in [0.2, 0.25) is 0 Å². The predicted molar refractivity (Wildman–Crippen MR) is 108 cm³/mol. The molecule has 0 radical (unpaired) electrons. The summed E-state index contributed by atoms with van der Waals surface area (Å²) in [6, 6.07) is 9.96. The van der Waals surface area contributed by atoms with Crippen molar-refractivity contribution < 1.29 is 0 Å². The van der Waals surface area contributed by atoms with Gasteiger partial charge >= 0.3 is 0 Å². The van der Waals surface area contributed by atoms with Gasteiger partial charge in [0.15, 0.2) is 0 Å². The number of imidazole rings is 1. The van der Waals surface area contributed by atoms with Gasteiger partial charge in [-0.05, 0) is 37.0 Å². The van der Waals surface area contributed by atoms with Crippen LogP contribution in [0.1, 0.15) is 23.5 Å². The highest BCUT2D eigenvalue weighted by Crippen LogP contribution is 2.17. The quantitative estimate of drug-likeness (QED) is 0.727. The lowest BCUT2D eigenvalue weighted by Gasteiger charge is -2.34. The summed E-state index contributed by atoms with van der Waals surface area (Å²) in [6.07, 6.45) is 3.14. The van der Waals surface area contributed by atoms with Crippen molar-refractivity contribution in [3.63, 3.8) is 0 Å². The third kappa shape index (κ3) is 3.59. The number of hydrogen-bond acceptors (Lipinski definition) is 5. The summed E-state index contributed by atoms with van der Waals surface area (Å²) < 4.78 is 1.66. The number of aromatic amines is 1. The number of benzene rings is 1. The fourth-order valence-electron chi connectivity index (χ4n) is 4.30. The lowest BCUT2D eigenvalue weighted by molar-refractivity contribution is 0.121. The molecule has 5 rings (SSSR count). The maximum absolute atomic E-state index is 12.2. The van der Waals surface area contributed by atoms with Crippen LogP contribution >= 0.6 is 0 Å². The molecule has 1 aliphatic heterocycles. The van der Waals surface area contributed by atoms with E-state index in [-0.39, 0.29) is 5.56 Å². The van der Waals surface area contributed by atoms with Gasteiger partial charge in [-0.15, -0.1) is 0 Å². The molecular formula is C21H26N6O. The normalized spacial score (nSPS) is 18.0. The minimum atomic E-state index is 0.0455. The van der Waals surface area contributed by atoms with E-state index < -0.39 is 0 Å². The molecule has 0 spiro atoms. The first kappa shape index (κ1) is 17.6. The van der Waals surface area contributed by atoms with E-state index in [0.29, 0.717) is 6.54 Å². The zero-order valence-electron chi connectivity index (χ0n) is 16.1. The van der Waals surface area contributed by atoms with Gasteiger partial charge in [0.25, 0.3) is 5.56 Å². The second-order valence-corrected chi connectivity index (χ2v) is 7.85. The molecule has 7 heteroatoms. The summed E-state index contributed by atoms with van der Waals surface area (Å²) in [5, 5.41) is 4.58. The Kier molecular flexibility index (Phi) is 4.70. The summed E-state index contributed by atoms with van der Waals surface area (Å²) in [5.41, 5.74) is 4.45. The predicted octanol–water partition coefficient (Wildman–Crippen LogP) is 1.43. The third-order valence-corrected chi connectivity index (χ3v) is 5.93. The number of nitrogens with one attached hydrogen (secondary N) is 1. The van der Waals surface area contributed by atoms with Crippen LogP contribution in [-0.2, 0) is 25.9 Å². The van der Waals surface area contributed by atoms with Crippen LogP contribution in [0.3, 0.4) is 0 Å². The van der Waals surface area contributed by atoms with Crippen molar-refractivity contribution in [2.24, 2.45) is 0 Å². The Bertz CT molecular complexity index is 998. The molecule has 0 unspecified atom stereocenters. The monoisotopic (exact) mass is 378 g/mol. The van der Waals surface area contributed by atoms with Gasteiger partial charge < -0.3 is 4.98 Å². The Morgan fingerprint density at radius 1 is 1.00 bits per heavy atom. The zero-order valence-corrected chi connectivity index (χ0v) is 16.1. The molecule has 7 nitrogen and oxygen atoms in total. The Labute approximate surface area is 164 Å². The molecule has 0 saturated carbocycles. The van der Waals surface area contributed by atoms with E-state index in [1.165, 1.54) is 0 Å². The molecular weight excluding hydrogens is 352 g/mol. The molecule has 3 aromatic rings. The van der Waals surface area contributed by atoms with Crippen LogP contribution in [0.5, 0.6) is 0 Å². The Balaban J connectivity index is 1.14. The molecule has 0 bridgehead atoms. The van der Waals surface area contributed by atoms with Gasteiger partial charge in [-0.3, -0.25) is 14.6 Å². The highest BCUT2D eigenvalue weighted by atomic mass is 16.1. The van der Waals surface area contributed by atoms with Crippen molar-refractivity contribution in [1.29, 1.82) is 0 Å². The zero-order chi connectivity index (χ0) is 18.9. The molecule has 1 aliphatic carbocycles. The number of para-hydroxylation sites is 2. The fraction of sp³-hybridized carbons (Fsp3) is 0.476. The number of piperazine rings is 1. The van der Waals surface area contributed by atoms with E-state index in [4.69, 9.17) is 0 Å². The highest BCUT2D eigenvalue weighted by molar-refractivity contribution is 5.74. The van der Waals surface area contributed by atoms with E-state index in [2.05, 4.69) is 30.9 Å². The van der Waals surface area contributed by atoms with Crippen molar-refractivity contribution in [1.82, 2.24) is 29.5 Å². The summed E-state index contributed by atoms with van der Waals surface area (Å²) in [5.74, 6) is 1.03. The molecule has 2 aromatic heterocycles. The highest BCUT2D eigenvalue weighted by Gasteiger charge is 2.19. The van der Waals surface area contributed by atoms with Gasteiger partial charge in [0.1, 0.15) is 5.82 Å². The molecule has 1 aromatic carbocycles. The van der Waals surface area contributed by atoms with Crippen LogP contribution in [0.25, 0.3) is 11.0 Å². The number of aryl methyl sites for hydroxylation is 2. The van der Waals surface area contributed by atoms with E-state index >= 15 is 0 Å². The maximum Gasteiger partial charge on any atom is 0.267 e. The van der Waals surface area contributed by atoms with Crippen LogP contribution in [0, 0.1) is 0 Å². The number of rotatable bonds is 5. The van der Waals surface area contributed by atoms with E-state index in [9.17, 15) is 4.79 Å². The number of H-pyrrole nitrogens is 1. The lowest BCUT2D eigenvalue weighted by atomic mass is 10.2. The molecule has 146 valence electrons. The van der Waals surface area contributed by atoms with Gasteiger partial charge in [-0.2, -0.15) is 5.10 Å². The smallest absolute Gasteiger partial charge is 0.267 e. The van der Waals surface area contributed by atoms with Crippen LogP contribution in [0.2, 0.25) is 0 Å². The van der Waals surface area contributed by atoms with Crippen LogP contribution in [0.4, 0.5) is 0 Å². The minimum absolute atomic E-state index is 0.0455. The third-order valence-electron chi connectivity index (χ3n) is 5.93. The van der Waals surface area contributed by atoms with Crippen molar-refractivity contribution in [3.05, 3.63) is 57.8 Å². The number of nitrogens with zero attached hydrogens (tertiary/aromatic N) is 5. The minimum Gasteiger partial charge on any atom is -0.341 e. The average Bonchev–Trinajstić information content (AvgIpc) is 3.32. The van der Waals surface area contributed by atoms with Gasteiger partial charge in [-0.1, -0.05) is 12.1 Å². The largest absolute Gasteiger partial charge is 0.341 e. The Hall–Kier alpha value is -2.51. The fourth-order valence-corrected chi connectivity index (χ4v) is 4.30. The molecule has 1 N–H and O–H groups in total. The SMILES string of the molecule is O=c1cc2c(nn1CCN1CCN(Cc3nc4ccccc4[nH]3)CC1)CCC2. The topological polar surface area (TPSA) is 70.1 Å². The molecule has 0 amide bonds. The summed E-state index contributed by atoms with van der Waals surface area (Å²) in [4.78, 5) is 25.2. The number of hydrogen-bond donors (Lipinski definition) is 1. The van der Waals surface area contributed by atoms with Crippen molar-refractivity contribution in [2.45, 2.75) is 32.4 Å². The van der Waals surface area contributed by atoms with Crippen molar-refractivity contribution in [3.8, 4) is 0 Å². The van der Waals surface area contributed by atoms with Crippen molar-refractivity contribution >= 4 is 11.0 Å². The first-order chi connectivity index (χ1) is 13.7. The van der Waals surface area contributed by atoms with E-state index in [0.717, 1.165) is 86.6 Å². The van der Waals surface area contributed by atoms with E-state index in [1.807, 2.05) is 18.2 Å². The number of aromatic nitrogens is 4. The van der Waals surface area contributed by atoms with Gasteiger partial charge in [0, 0.05) is 38.8 Å². The van der Waals surface area contributed by atoms with Gasteiger partial charge in [0.05, 0.1) is 29.8 Å². The Morgan fingerprint density at radius 3 is 2.68 bits per heavy atom. The van der Waals surface area contributed by atoms with Crippen LogP contribution < -0.4 is 5.56 Å².